The van der Waals surface area contributed by atoms with Crippen LogP contribution >= 0.6 is 0 Å². The third-order valence-electron chi connectivity index (χ3n) is 2.03. The number of nitrogens with two attached hydrogens (primary N) is 1. The van der Waals surface area contributed by atoms with Crippen molar-refractivity contribution in [1.82, 2.24) is 0 Å². The van der Waals surface area contributed by atoms with Crippen LogP contribution in [-0.4, -0.2) is 28.3 Å². The fourth-order valence-electron chi connectivity index (χ4n) is 1.13. The first kappa shape index (κ1) is 7.50. The molecular formula is C6H11NO3. The molecule has 0 unspecified atom stereocenters. The van der Waals surface area contributed by atoms with Crippen LogP contribution < -0.4 is 5.73 Å². The number of carbonyl (C=O) groups is 1. The lowest BCUT2D eigenvalue weighted by Gasteiger charge is -2.02. The Kier molecular flexibility index (Phi) is 1.66. The van der Waals surface area contributed by atoms with Gasteiger partial charge in [0.15, 0.2) is 0 Å². The van der Waals surface area contributed by atoms with E-state index in [4.69, 9.17) is 15.9 Å². The van der Waals surface area contributed by atoms with Crippen molar-refractivity contribution in [3.63, 3.8) is 0 Å². The maximum absolute atomic E-state index is 10.4. The summed E-state index contributed by atoms with van der Waals surface area (Å²) in [6.07, 6.45) is 1.01. The van der Waals surface area contributed by atoms with Crippen molar-refractivity contribution >= 4 is 5.97 Å². The quantitative estimate of drug-likeness (QED) is 0.484. The van der Waals surface area contributed by atoms with Gasteiger partial charge in [-0.2, -0.15) is 0 Å². The van der Waals surface area contributed by atoms with Crippen LogP contribution in [0.2, 0.25) is 0 Å². The van der Waals surface area contributed by atoms with Crippen molar-refractivity contribution < 1.29 is 15.0 Å². The van der Waals surface area contributed by atoms with E-state index >= 15 is 0 Å². The van der Waals surface area contributed by atoms with Gasteiger partial charge in [-0.25, -0.2) is 0 Å². The molecule has 1 fully saturated rings. The van der Waals surface area contributed by atoms with Gasteiger partial charge in [0, 0.05) is 6.61 Å². The van der Waals surface area contributed by atoms with Crippen LogP contribution in [-0.2, 0) is 4.79 Å². The lowest BCUT2D eigenvalue weighted by molar-refractivity contribution is -0.140. The zero-order valence-corrected chi connectivity index (χ0v) is 5.58. The molecule has 0 saturated heterocycles. The van der Waals surface area contributed by atoms with Gasteiger partial charge in [0.1, 0.15) is 5.54 Å². The second-order valence-electron chi connectivity index (χ2n) is 2.76. The molecule has 0 aromatic carbocycles. The Balaban J connectivity index is 2.40. The predicted octanol–water partition coefficient (Wildman–Crippen LogP) is -0.829. The van der Waals surface area contributed by atoms with Crippen LogP contribution in [0.4, 0.5) is 0 Å². The number of aliphatic hydroxyl groups is 1. The SMILES string of the molecule is N[C@]1(C(=O)O)C[C@@H]1CCO. The maximum atomic E-state index is 10.4. The molecular weight excluding hydrogens is 134 g/mol. The first-order valence-electron chi connectivity index (χ1n) is 3.24. The van der Waals surface area contributed by atoms with Crippen molar-refractivity contribution in [2.24, 2.45) is 11.7 Å². The van der Waals surface area contributed by atoms with E-state index in [1.807, 2.05) is 0 Å². The fraction of sp³-hybridized carbons (Fsp3) is 0.833. The third-order valence-corrected chi connectivity index (χ3v) is 2.03. The monoisotopic (exact) mass is 145 g/mol. The van der Waals surface area contributed by atoms with Gasteiger partial charge in [0.05, 0.1) is 0 Å². The topological polar surface area (TPSA) is 83.6 Å². The second-order valence-corrected chi connectivity index (χ2v) is 2.76. The Bertz CT molecular complexity index is 159. The van der Waals surface area contributed by atoms with Crippen molar-refractivity contribution in [3.05, 3.63) is 0 Å². The molecule has 1 aliphatic carbocycles. The smallest absolute Gasteiger partial charge is 0.323 e. The number of carboxylic acid groups (broad SMARTS) is 1. The van der Waals surface area contributed by atoms with Crippen molar-refractivity contribution in [2.45, 2.75) is 18.4 Å². The highest BCUT2D eigenvalue weighted by atomic mass is 16.4. The Morgan fingerprint density at radius 3 is 2.70 bits per heavy atom. The van der Waals surface area contributed by atoms with Crippen molar-refractivity contribution in [2.75, 3.05) is 6.61 Å². The second kappa shape index (κ2) is 2.21. The van der Waals surface area contributed by atoms with E-state index < -0.39 is 11.5 Å². The molecule has 4 heteroatoms. The Morgan fingerprint density at radius 2 is 2.40 bits per heavy atom. The molecule has 58 valence electrons. The van der Waals surface area contributed by atoms with Crippen molar-refractivity contribution in [3.8, 4) is 0 Å². The van der Waals surface area contributed by atoms with Gasteiger partial charge in [0.2, 0.25) is 0 Å². The fourth-order valence-corrected chi connectivity index (χ4v) is 1.13. The summed E-state index contributed by atoms with van der Waals surface area (Å²) in [4.78, 5) is 10.4. The molecule has 2 atom stereocenters. The largest absolute Gasteiger partial charge is 0.480 e. The van der Waals surface area contributed by atoms with E-state index in [9.17, 15) is 4.79 Å². The first-order valence-corrected chi connectivity index (χ1v) is 3.24. The summed E-state index contributed by atoms with van der Waals surface area (Å²) in [5, 5.41) is 16.9. The van der Waals surface area contributed by atoms with Crippen LogP contribution in [0.15, 0.2) is 0 Å². The molecule has 1 rings (SSSR count). The number of aliphatic hydroxyl groups excluding tert-OH is 1. The average Bonchev–Trinajstić information content (AvgIpc) is 2.45. The molecule has 1 aliphatic rings. The van der Waals surface area contributed by atoms with Crippen LogP contribution in [0.25, 0.3) is 0 Å². The number of hydrogen-bond acceptors (Lipinski definition) is 3. The first-order chi connectivity index (χ1) is 4.61. The van der Waals surface area contributed by atoms with Crippen LogP contribution in [0, 0.1) is 5.92 Å². The van der Waals surface area contributed by atoms with E-state index in [1.54, 1.807) is 0 Å². The van der Waals surface area contributed by atoms with Gasteiger partial charge in [-0.3, -0.25) is 4.79 Å². The maximum Gasteiger partial charge on any atom is 0.323 e. The number of hydrogen-bond donors (Lipinski definition) is 3. The normalized spacial score (nSPS) is 37.6. The molecule has 4 nitrogen and oxygen atoms in total. The molecule has 4 N–H and O–H groups in total. The lowest BCUT2D eigenvalue weighted by atomic mass is 10.2. The van der Waals surface area contributed by atoms with Gasteiger partial charge in [-0.1, -0.05) is 0 Å². The van der Waals surface area contributed by atoms with E-state index in [0.717, 1.165) is 0 Å². The minimum Gasteiger partial charge on any atom is -0.480 e. The Labute approximate surface area is 58.6 Å². The van der Waals surface area contributed by atoms with Gasteiger partial charge in [-0.15, -0.1) is 0 Å². The third kappa shape index (κ3) is 0.998. The summed E-state index contributed by atoms with van der Waals surface area (Å²) >= 11 is 0. The summed E-state index contributed by atoms with van der Waals surface area (Å²) < 4.78 is 0. The molecule has 0 aromatic heterocycles. The standard InChI is InChI=1S/C6H11NO3/c7-6(5(9)10)3-4(6)1-2-8/h4,8H,1-3,7H2,(H,9,10)/t4-,6+/m0/s1. The van der Waals surface area contributed by atoms with Crippen molar-refractivity contribution in [1.29, 1.82) is 0 Å². The zero-order valence-electron chi connectivity index (χ0n) is 5.58. The molecule has 0 aliphatic heterocycles. The summed E-state index contributed by atoms with van der Waals surface area (Å²) in [7, 11) is 0. The zero-order chi connectivity index (χ0) is 7.78. The van der Waals surface area contributed by atoms with Gasteiger partial charge >= 0.3 is 5.97 Å². The summed E-state index contributed by atoms with van der Waals surface area (Å²) in [5.41, 5.74) is 4.38. The number of rotatable bonds is 3. The van der Waals surface area contributed by atoms with Crippen LogP contribution in [0.1, 0.15) is 12.8 Å². The summed E-state index contributed by atoms with van der Waals surface area (Å²) in [6, 6.07) is 0. The van der Waals surface area contributed by atoms with E-state index in [0.29, 0.717) is 12.8 Å². The highest BCUT2D eigenvalue weighted by molar-refractivity contribution is 5.82. The van der Waals surface area contributed by atoms with E-state index in [-0.39, 0.29) is 12.5 Å². The number of carboxylic acids is 1. The predicted molar refractivity (Wildman–Crippen MR) is 34.4 cm³/mol. The molecule has 0 aromatic rings. The Morgan fingerprint density at radius 1 is 1.80 bits per heavy atom. The molecule has 0 heterocycles. The molecule has 10 heavy (non-hydrogen) atoms. The molecule has 1 saturated carbocycles. The molecule has 0 radical (unpaired) electrons. The summed E-state index contributed by atoms with van der Waals surface area (Å²) in [5.74, 6) is -0.971. The minimum absolute atomic E-state index is 0.0185. The van der Waals surface area contributed by atoms with E-state index in [1.165, 1.54) is 0 Å². The Hall–Kier alpha value is -0.610. The number of aliphatic carboxylic acids is 1. The lowest BCUT2D eigenvalue weighted by Crippen LogP contribution is -2.35. The van der Waals surface area contributed by atoms with Crippen LogP contribution in [0.3, 0.4) is 0 Å². The molecule has 0 spiro atoms. The molecule has 0 amide bonds. The highest BCUT2D eigenvalue weighted by Gasteiger charge is 2.56. The highest BCUT2D eigenvalue weighted by Crippen LogP contribution is 2.43. The van der Waals surface area contributed by atoms with Crippen LogP contribution in [0.5, 0.6) is 0 Å². The van der Waals surface area contributed by atoms with Gasteiger partial charge in [0.25, 0.3) is 0 Å². The van der Waals surface area contributed by atoms with E-state index in [2.05, 4.69) is 0 Å². The minimum atomic E-state index is -1.03. The summed E-state index contributed by atoms with van der Waals surface area (Å²) in [6.45, 7) is 0.0247. The molecule has 0 bridgehead atoms. The average molecular weight is 145 g/mol. The van der Waals surface area contributed by atoms with Gasteiger partial charge < -0.3 is 15.9 Å². The van der Waals surface area contributed by atoms with Gasteiger partial charge in [-0.05, 0) is 18.8 Å².